The van der Waals surface area contributed by atoms with Crippen molar-refractivity contribution in [1.29, 1.82) is 5.26 Å². The zero-order chi connectivity index (χ0) is 15.2. The summed E-state index contributed by atoms with van der Waals surface area (Å²) in [4.78, 5) is 23.5. The predicted molar refractivity (Wildman–Crippen MR) is 75.0 cm³/mol. The summed E-state index contributed by atoms with van der Waals surface area (Å²) in [6.07, 6.45) is 1.24. The van der Waals surface area contributed by atoms with Crippen LogP contribution in [0.5, 0.6) is 0 Å². The van der Waals surface area contributed by atoms with Crippen molar-refractivity contribution in [2.24, 2.45) is 5.73 Å². The van der Waals surface area contributed by atoms with Gasteiger partial charge in [0.15, 0.2) is 0 Å². The Morgan fingerprint density at radius 2 is 2.33 bits per heavy atom. The van der Waals surface area contributed by atoms with Gasteiger partial charge in [-0.15, -0.1) is 0 Å². The normalized spacial score (nSPS) is 18.7. The number of carbonyl (C=O) groups is 2. The molecule has 1 aromatic carbocycles. The second-order valence-electron chi connectivity index (χ2n) is 4.98. The molecule has 1 aliphatic rings. The second kappa shape index (κ2) is 6.86. The molecule has 0 aliphatic carbocycles. The monoisotopic (exact) mass is 287 g/mol. The van der Waals surface area contributed by atoms with Crippen LogP contribution in [0.1, 0.15) is 24.0 Å². The summed E-state index contributed by atoms with van der Waals surface area (Å²) < 4.78 is 5.27. The molecule has 21 heavy (non-hydrogen) atoms. The smallest absolute Gasteiger partial charge is 0.249 e. The largest absolute Gasteiger partial charge is 0.368 e. The van der Waals surface area contributed by atoms with Crippen molar-refractivity contribution in [2.45, 2.75) is 31.4 Å². The predicted octanol–water partition coefficient (Wildman–Crippen LogP) is 0.250. The van der Waals surface area contributed by atoms with E-state index >= 15 is 0 Å². The molecule has 2 atom stereocenters. The first-order valence-corrected chi connectivity index (χ1v) is 6.80. The molecule has 1 fully saturated rings. The number of amides is 2. The Bertz CT molecular complexity index is 574. The molecule has 6 nitrogen and oxygen atoms in total. The summed E-state index contributed by atoms with van der Waals surface area (Å²) in [5.74, 6) is -0.920. The number of ether oxygens (including phenoxy) is 1. The number of nitrogens with one attached hydrogen (secondary N) is 1. The summed E-state index contributed by atoms with van der Waals surface area (Å²) in [5, 5.41) is 11.5. The summed E-state index contributed by atoms with van der Waals surface area (Å²) in [6, 6.07) is 8.09. The molecule has 0 radical (unpaired) electrons. The summed E-state index contributed by atoms with van der Waals surface area (Å²) in [6.45, 7) is 0.559. The highest BCUT2D eigenvalue weighted by Gasteiger charge is 2.27. The highest BCUT2D eigenvalue weighted by Crippen LogP contribution is 2.13. The number of hydrogen-bond acceptors (Lipinski definition) is 4. The van der Waals surface area contributed by atoms with Crippen LogP contribution in [0.2, 0.25) is 0 Å². The highest BCUT2D eigenvalue weighted by atomic mass is 16.5. The zero-order valence-electron chi connectivity index (χ0n) is 11.5. The maximum Gasteiger partial charge on any atom is 0.249 e. The van der Waals surface area contributed by atoms with E-state index < -0.39 is 18.1 Å². The van der Waals surface area contributed by atoms with Crippen molar-refractivity contribution in [1.82, 2.24) is 5.32 Å². The van der Waals surface area contributed by atoms with Crippen LogP contribution < -0.4 is 11.1 Å². The standard InChI is InChI=1S/C15H17N3O3/c16-9-11-4-1-3-10(7-11)8-12(14(17)19)18-15(20)13-5-2-6-21-13/h1,3-4,7,12-13H,2,5-6,8H2,(H2,17,19)(H,18,20)/t12-,13-/m0/s1. The maximum absolute atomic E-state index is 12.0. The first-order valence-electron chi connectivity index (χ1n) is 6.80. The van der Waals surface area contributed by atoms with Crippen LogP contribution in [0.15, 0.2) is 24.3 Å². The van der Waals surface area contributed by atoms with E-state index in [0.717, 1.165) is 12.0 Å². The number of rotatable bonds is 5. The molecule has 1 aliphatic heterocycles. The Morgan fingerprint density at radius 3 is 2.95 bits per heavy atom. The molecular weight excluding hydrogens is 270 g/mol. The molecule has 1 aromatic rings. The first kappa shape index (κ1) is 15.0. The number of primary amides is 1. The van der Waals surface area contributed by atoms with Crippen molar-refractivity contribution in [2.75, 3.05) is 6.61 Å². The van der Waals surface area contributed by atoms with E-state index in [2.05, 4.69) is 5.32 Å². The van der Waals surface area contributed by atoms with Gasteiger partial charge in [-0.2, -0.15) is 5.26 Å². The number of nitriles is 1. The van der Waals surface area contributed by atoms with Gasteiger partial charge in [0, 0.05) is 13.0 Å². The molecule has 1 heterocycles. The lowest BCUT2D eigenvalue weighted by atomic mass is 10.0. The Labute approximate surface area is 122 Å². The summed E-state index contributed by atoms with van der Waals surface area (Å²) >= 11 is 0. The molecule has 0 saturated carbocycles. The van der Waals surface area contributed by atoms with E-state index in [9.17, 15) is 9.59 Å². The summed E-state index contributed by atoms with van der Waals surface area (Å²) in [7, 11) is 0. The average Bonchev–Trinajstić information content (AvgIpc) is 3.01. The van der Waals surface area contributed by atoms with Crippen LogP contribution >= 0.6 is 0 Å². The van der Waals surface area contributed by atoms with E-state index in [0.29, 0.717) is 18.6 Å². The van der Waals surface area contributed by atoms with Gasteiger partial charge in [-0.1, -0.05) is 12.1 Å². The minimum Gasteiger partial charge on any atom is -0.368 e. The molecule has 110 valence electrons. The lowest BCUT2D eigenvalue weighted by Gasteiger charge is -2.18. The van der Waals surface area contributed by atoms with E-state index in [-0.39, 0.29) is 12.3 Å². The van der Waals surface area contributed by atoms with Crippen molar-refractivity contribution in [3.05, 3.63) is 35.4 Å². The van der Waals surface area contributed by atoms with Crippen molar-refractivity contribution in [3.8, 4) is 6.07 Å². The van der Waals surface area contributed by atoms with Crippen LogP contribution in [-0.4, -0.2) is 30.6 Å². The number of nitrogens with two attached hydrogens (primary N) is 1. The number of nitrogens with zero attached hydrogens (tertiary/aromatic N) is 1. The quantitative estimate of drug-likeness (QED) is 0.809. The number of carbonyl (C=O) groups excluding carboxylic acids is 2. The molecule has 2 amide bonds. The molecule has 3 N–H and O–H groups in total. The average molecular weight is 287 g/mol. The molecule has 0 unspecified atom stereocenters. The van der Waals surface area contributed by atoms with Crippen LogP contribution in [-0.2, 0) is 20.7 Å². The second-order valence-corrected chi connectivity index (χ2v) is 4.98. The minimum absolute atomic E-state index is 0.253. The van der Waals surface area contributed by atoms with Crippen LogP contribution in [0, 0.1) is 11.3 Å². The summed E-state index contributed by atoms with van der Waals surface area (Å²) in [5.41, 5.74) is 6.61. The SMILES string of the molecule is N#Cc1cccc(C[C@H](NC(=O)[C@@H]2CCCO2)C(N)=O)c1. The van der Waals surface area contributed by atoms with Gasteiger partial charge in [-0.25, -0.2) is 0 Å². The van der Waals surface area contributed by atoms with Gasteiger partial charge in [0.25, 0.3) is 0 Å². The van der Waals surface area contributed by atoms with E-state index in [1.54, 1.807) is 24.3 Å². The fourth-order valence-corrected chi connectivity index (χ4v) is 2.28. The van der Waals surface area contributed by atoms with Gasteiger partial charge < -0.3 is 15.8 Å². The zero-order valence-corrected chi connectivity index (χ0v) is 11.5. The molecule has 2 rings (SSSR count). The third-order valence-electron chi connectivity index (χ3n) is 3.38. The van der Waals surface area contributed by atoms with Gasteiger partial charge >= 0.3 is 0 Å². The van der Waals surface area contributed by atoms with Crippen molar-refractivity contribution >= 4 is 11.8 Å². The van der Waals surface area contributed by atoms with Gasteiger partial charge in [0.05, 0.1) is 11.6 Å². The van der Waals surface area contributed by atoms with Gasteiger partial charge in [0.1, 0.15) is 12.1 Å². The molecular formula is C15H17N3O3. The maximum atomic E-state index is 12.0. The molecule has 0 bridgehead atoms. The fraction of sp³-hybridized carbons (Fsp3) is 0.400. The van der Waals surface area contributed by atoms with Gasteiger partial charge in [-0.3, -0.25) is 9.59 Å². The highest BCUT2D eigenvalue weighted by molar-refractivity contribution is 5.88. The van der Waals surface area contributed by atoms with Gasteiger partial charge in [0.2, 0.25) is 11.8 Å². The van der Waals surface area contributed by atoms with Crippen LogP contribution in [0.25, 0.3) is 0 Å². The van der Waals surface area contributed by atoms with Crippen molar-refractivity contribution in [3.63, 3.8) is 0 Å². The Morgan fingerprint density at radius 1 is 1.52 bits per heavy atom. The van der Waals surface area contributed by atoms with Gasteiger partial charge in [-0.05, 0) is 30.5 Å². The minimum atomic E-state index is -0.810. The van der Waals surface area contributed by atoms with E-state index in [1.165, 1.54) is 0 Å². The van der Waals surface area contributed by atoms with E-state index in [1.807, 2.05) is 6.07 Å². The van der Waals surface area contributed by atoms with Crippen LogP contribution in [0.3, 0.4) is 0 Å². The first-order chi connectivity index (χ1) is 10.1. The van der Waals surface area contributed by atoms with Crippen molar-refractivity contribution < 1.29 is 14.3 Å². The fourth-order valence-electron chi connectivity index (χ4n) is 2.28. The van der Waals surface area contributed by atoms with E-state index in [4.69, 9.17) is 15.7 Å². The third-order valence-corrected chi connectivity index (χ3v) is 3.38. The third kappa shape index (κ3) is 4.04. The lowest BCUT2D eigenvalue weighted by Crippen LogP contribution is -2.49. The van der Waals surface area contributed by atoms with Crippen LogP contribution in [0.4, 0.5) is 0 Å². The topological polar surface area (TPSA) is 105 Å². The Balaban J connectivity index is 2.03. The Hall–Kier alpha value is -2.39. The number of benzene rings is 1. The molecule has 1 saturated heterocycles. The number of hydrogen-bond donors (Lipinski definition) is 2. The Kier molecular flexibility index (Phi) is 4.90. The lowest BCUT2D eigenvalue weighted by molar-refractivity contribution is -0.133. The molecule has 6 heteroatoms. The molecule has 0 spiro atoms. The molecule has 0 aromatic heterocycles.